The number of hydrogen-bond acceptors (Lipinski definition) is 4. The number of amides is 1. The van der Waals surface area contributed by atoms with Crippen molar-refractivity contribution in [3.05, 3.63) is 18.0 Å². The summed E-state index contributed by atoms with van der Waals surface area (Å²) in [6, 6.07) is 1.64. The first-order valence-corrected chi connectivity index (χ1v) is 6.48. The van der Waals surface area contributed by atoms with Crippen molar-refractivity contribution in [3.63, 3.8) is 0 Å². The fraction of sp³-hybridized carbons (Fsp3) is 0.538. The van der Waals surface area contributed by atoms with Crippen LogP contribution in [-0.2, 0) is 16.1 Å². The molecule has 0 fully saturated rings. The van der Waals surface area contributed by atoms with E-state index < -0.39 is 0 Å². The Labute approximate surface area is 112 Å². The van der Waals surface area contributed by atoms with E-state index in [1.165, 1.54) is 0 Å². The van der Waals surface area contributed by atoms with E-state index in [4.69, 9.17) is 10.5 Å². The minimum atomic E-state index is -0.238. The van der Waals surface area contributed by atoms with Gasteiger partial charge in [-0.05, 0) is 26.3 Å². The normalized spacial score (nSPS) is 10.2. The van der Waals surface area contributed by atoms with Crippen LogP contribution in [0.4, 0.5) is 5.69 Å². The summed E-state index contributed by atoms with van der Waals surface area (Å²) in [5, 5.41) is 2.76. The number of nitrogen functional groups attached to an aromatic ring is 1. The monoisotopic (exact) mass is 267 g/mol. The predicted octanol–water partition coefficient (Wildman–Crippen LogP) is 1.16. The van der Waals surface area contributed by atoms with Crippen LogP contribution in [0.5, 0.6) is 0 Å². The molecule has 0 atom stereocenters. The average molecular weight is 267 g/mol. The number of ether oxygens (including phenoxy) is 1. The molecule has 0 aliphatic rings. The Hall–Kier alpha value is -1.98. The summed E-state index contributed by atoms with van der Waals surface area (Å²) < 4.78 is 6.59. The molecule has 1 rings (SSSR count). The zero-order valence-electron chi connectivity index (χ0n) is 11.4. The second-order valence-electron chi connectivity index (χ2n) is 4.11. The number of nitrogens with zero attached hydrogens (tertiary/aromatic N) is 1. The third-order valence-corrected chi connectivity index (χ3v) is 2.64. The van der Waals surface area contributed by atoms with E-state index in [9.17, 15) is 9.59 Å². The molecule has 0 unspecified atom stereocenters. The number of carbonyl (C=O) groups is 2. The molecule has 3 N–H and O–H groups in total. The third-order valence-electron chi connectivity index (χ3n) is 2.64. The Morgan fingerprint density at radius 2 is 2.16 bits per heavy atom. The van der Waals surface area contributed by atoms with Gasteiger partial charge in [0.25, 0.3) is 5.91 Å². The fourth-order valence-electron chi connectivity index (χ4n) is 1.74. The second kappa shape index (κ2) is 7.45. The number of nitrogens with two attached hydrogens (primary N) is 1. The van der Waals surface area contributed by atoms with Crippen molar-refractivity contribution in [2.45, 2.75) is 33.2 Å². The number of hydrogen-bond donors (Lipinski definition) is 2. The van der Waals surface area contributed by atoms with Gasteiger partial charge >= 0.3 is 5.97 Å². The van der Waals surface area contributed by atoms with E-state index in [-0.39, 0.29) is 11.9 Å². The smallest absolute Gasteiger partial charge is 0.305 e. The Balaban J connectivity index is 2.37. The molecule has 0 spiro atoms. The summed E-state index contributed by atoms with van der Waals surface area (Å²) in [5.74, 6) is -0.416. The van der Waals surface area contributed by atoms with E-state index in [2.05, 4.69) is 5.32 Å². The minimum Gasteiger partial charge on any atom is -0.466 e. The van der Waals surface area contributed by atoms with Crippen molar-refractivity contribution in [1.29, 1.82) is 0 Å². The van der Waals surface area contributed by atoms with E-state index in [0.29, 0.717) is 43.9 Å². The molecule has 0 aliphatic heterocycles. The SMILES string of the molecule is CCOC(=O)CCCNC(=O)c1cc(N)cn1CC. The quantitative estimate of drug-likeness (QED) is 0.573. The van der Waals surface area contributed by atoms with Gasteiger partial charge in [-0.25, -0.2) is 0 Å². The Bertz CT molecular complexity index is 440. The highest BCUT2D eigenvalue weighted by molar-refractivity contribution is 5.93. The van der Waals surface area contributed by atoms with Crippen LogP contribution in [0.1, 0.15) is 37.2 Å². The van der Waals surface area contributed by atoms with Gasteiger partial charge in [-0.2, -0.15) is 0 Å². The van der Waals surface area contributed by atoms with Gasteiger partial charge in [0.15, 0.2) is 0 Å². The topological polar surface area (TPSA) is 86.3 Å². The van der Waals surface area contributed by atoms with Gasteiger partial charge in [-0.3, -0.25) is 9.59 Å². The van der Waals surface area contributed by atoms with Gasteiger partial charge in [0.1, 0.15) is 5.69 Å². The maximum Gasteiger partial charge on any atom is 0.305 e. The highest BCUT2D eigenvalue weighted by Crippen LogP contribution is 2.10. The summed E-state index contributed by atoms with van der Waals surface area (Å²) in [6.07, 6.45) is 2.60. The minimum absolute atomic E-state index is 0.178. The lowest BCUT2D eigenvalue weighted by atomic mass is 10.3. The lowest BCUT2D eigenvalue weighted by Gasteiger charge is -2.07. The molecule has 0 radical (unpaired) electrons. The maximum absolute atomic E-state index is 11.9. The van der Waals surface area contributed by atoms with E-state index in [1.807, 2.05) is 6.92 Å². The fourth-order valence-corrected chi connectivity index (χ4v) is 1.74. The van der Waals surface area contributed by atoms with Gasteiger partial charge < -0.3 is 20.4 Å². The summed E-state index contributed by atoms with van der Waals surface area (Å²) in [6.45, 7) is 5.21. The summed E-state index contributed by atoms with van der Waals surface area (Å²) >= 11 is 0. The van der Waals surface area contributed by atoms with Crippen LogP contribution in [-0.4, -0.2) is 29.6 Å². The van der Waals surface area contributed by atoms with Crippen LogP contribution in [0.15, 0.2) is 12.3 Å². The molecule has 1 aromatic heterocycles. The van der Waals surface area contributed by atoms with E-state index in [1.54, 1.807) is 23.8 Å². The van der Waals surface area contributed by atoms with Crippen molar-refractivity contribution in [1.82, 2.24) is 9.88 Å². The zero-order chi connectivity index (χ0) is 14.3. The number of aromatic nitrogens is 1. The third kappa shape index (κ3) is 4.65. The molecule has 0 saturated carbocycles. The summed E-state index contributed by atoms with van der Waals surface area (Å²) in [7, 11) is 0. The van der Waals surface area contributed by atoms with Crippen molar-refractivity contribution >= 4 is 17.6 Å². The molecule has 6 heteroatoms. The van der Waals surface area contributed by atoms with Crippen molar-refractivity contribution in [2.24, 2.45) is 0 Å². The van der Waals surface area contributed by atoms with Crippen LogP contribution in [0.25, 0.3) is 0 Å². The highest BCUT2D eigenvalue weighted by Gasteiger charge is 2.11. The number of carbonyl (C=O) groups excluding carboxylic acids is 2. The van der Waals surface area contributed by atoms with Crippen molar-refractivity contribution < 1.29 is 14.3 Å². The first-order chi connectivity index (χ1) is 9.08. The number of rotatable bonds is 7. The van der Waals surface area contributed by atoms with Crippen LogP contribution < -0.4 is 11.1 Å². The lowest BCUT2D eigenvalue weighted by molar-refractivity contribution is -0.143. The molecule has 1 amide bonds. The molecule has 0 saturated heterocycles. The molecular weight excluding hydrogens is 246 g/mol. The van der Waals surface area contributed by atoms with E-state index in [0.717, 1.165) is 0 Å². The molecule has 1 heterocycles. The average Bonchev–Trinajstić information content (AvgIpc) is 2.76. The number of aryl methyl sites for hydroxylation is 1. The van der Waals surface area contributed by atoms with Gasteiger partial charge in [-0.15, -0.1) is 0 Å². The van der Waals surface area contributed by atoms with Gasteiger partial charge in [0, 0.05) is 25.7 Å². The molecular formula is C13H21N3O3. The van der Waals surface area contributed by atoms with Crippen LogP contribution >= 0.6 is 0 Å². The van der Waals surface area contributed by atoms with Crippen LogP contribution in [0.3, 0.4) is 0 Å². The van der Waals surface area contributed by atoms with Gasteiger partial charge in [0.05, 0.1) is 12.3 Å². The maximum atomic E-state index is 11.9. The summed E-state index contributed by atoms with van der Waals surface area (Å²) in [4.78, 5) is 23.0. The van der Waals surface area contributed by atoms with Gasteiger partial charge in [-0.1, -0.05) is 0 Å². The van der Waals surface area contributed by atoms with Crippen LogP contribution in [0, 0.1) is 0 Å². The first kappa shape index (κ1) is 15.1. The Morgan fingerprint density at radius 3 is 2.79 bits per heavy atom. The molecule has 0 bridgehead atoms. The molecule has 106 valence electrons. The number of nitrogens with one attached hydrogen (secondary N) is 1. The molecule has 1 aromatic rings. The molecule has 6 nitrogen and oxygen atoms in total. The van der Waals surface area contributed by atoms with Crippen molar-refractivity contribution in [2.75, 3.05) is 18.9 Å². The van der Waals surface area contributed by atoms with Gasteiger partial charge in [0.2, 0.25) is 0 Å². The lowest BCUT2D eigenvalue weighted by Crippen LogP contribution is -2.27. The standard InChI is InChI=1S/C13H21N3O3/c1-3-16-9-10(14)8-11(16)13(18)15-7-5-6-12(17)19-4-2/h8-9H,3-7,14H2,1-2H3,(H,15,18). The molecule has 19 heavy (non-hydrogen) atoms. The zero-order valence-corrected chi connectivity index (χ0v) is 11.4. The Kier molecular flexibility index (Phi) is 5.92. The van der Waals surface area contributed by atoms with Crippen LogP contribution in [0.2, 0.25) is 0 Å². The molecule has 0 aliphatic carbocycles. The number of anilines is 1. The first-order valence-electron chi connectivity index (χ1n) is 6.48. The second-order valence-corrected chi connectivity index (χ2v) is 4.11. The molecule has 0 aromatic carbocycles. The highest BCUT2D eigenvalue weighted by atomic mass is 16.5. The predicted molar refractivity (Wildman–Crippen MR) is 72.7 cm³/mol. The summed E-state index contributed by atoms with van der Waals surface area (Å²) in [5.41, 5.74) is 6.76. The Morgan fingerprint density at radius 1 is 1.42 bits per heavy atom. The number of esters is 1. The van der Waals surface area contributed by atoms with E-state index >= 15 is 0 Å². The van der Waals surface area contributed by atoms with Crippen molar-refractivity contribution in [3.8, 4) is 0 Å². The largest absolute Gasteiger partial charge is 0.466 e.